The Morgan fingerprint density at radius 1 is 1.86 bits per heavy atom. The van der Waals surface area contributed by atoms with E-state index in [0.717, 1.165) is 6.42 Å². The van der Waals surface area contributed by atoms with Crippen molar-refractivity contribution >= 4 is 7.41 Å². The molecule has 0 rings (SSSR count). The fourth-order valence-electron chi connectivity index (χ4n) is 0.256. The quantitative estimate of drug-likeness (QED) is 0.387. The maximum absolute atomic E-state index is 9.52. The Kier molecular flexibility index (Phi) is 3.66. The maximum Gasteiger partial charge on any atom is 0.323 e. The van der Waals surface area contributed by atoms with Crippen LogP contribution in [-0.4, -0.2) is 7.41 Å². The monoisotopic (exact) mass is 99.1 g/mol. The largest absolute Gasteiger partial charge is 0.323 e. The molecule has 0 aliphatic carbocycles. The molecule has 0 saturated carbocycles. The van der Waals surface area contributed by atoms with Gasteiger partial charge in [0.05, 0.1) is 0 Å². The molecule has 0 spiro atoms. The van der Waals surface area contributed by atoms with Crippen LogP contribution in [-0.2, 0) is 0 Å². The fraction of sp³-hybridized carbons (Fsp3) is 1.00. The van der Waals surface area contributed by atoms with Gasteiger partial charge in [0.2, 0.25) is 0 Å². The molecule has 0 bridgehead atoms. The van der Waals surface area contributed by atoms with Crippen LogP contribution in [0.5, 0.6) is 0 Å². The lowest BCUT2D eigenvalue weighted by atomic mass is 9.77. The van der Waals surface area contributed by atoms with E-state index in [4.69, 9.17) is 0 Å². The van der Waals surface area contributed by atoms with Gasteiger partial charge in [0.1, 0.15) is 0 Å². The molecule has 1 atom stereocenters. The lowest BCUT2D eigenvalue weighted by molar-refractivity contribution is 0.867. The fourth-order valence-corrected chi connectivity index (χ4v) is 0.256. The standard InChI is InChI=1S/C4H10BNO/c1-3-4(2)5-6-7/h4-5H,3H2,1-2H3. The molecule has 0 aromatic carbocycles. The first-order valence-electron chi connectivity index (χ1n) is 2.60. The van der Waals surface area contributed by atoms with E-state index in [1.807, 2.05) is 6.92 Å². The van der Waals surface area contributed by atoms with Crippen LogP contribution in [0.2, 0.25) is 5.82 Å². The van der Waals surface area contributed by atoms with Crippen LogP contribution >= 0.6 is 0 Å². The van der Waals surface area contributed by atoms with Gasteiger partial charge in [-0.05, 0) is 5.82 Å². The van der Waals surface area contributed by atoms with E-state index < -0.39 is 0 Å². The van der Waals surface area contributed by atoms with E-state index in [9.17, 15) is 4.91 Å². The van der Waals surface area contributed by atoms with Crippen molar-refractivity contribution in [1.29, 1.82) is 0 Å². The average molecular weight is 98.9 g/mol. The van der Waals surface area contributed by atoms with Crippen LogP contribution in [0, 0.1) is 4.91 Å². The van der Waals surface area contributed by atoms with Crippen molar-refractivity contribution in [3.63, 3.8) is 0 Å². The van der Waals surface area contributed by atoms with Crippen LogP contribution in [0.3, 0.4) is 0 Å². The van der Waals surface area contributed by atoms with Crippen LogP contribution in [0.4, 0.5) is 0 Å². The molecule has 3 heteroatoms. The lowest BCUT2D eigenvalue weighted by Gasteiger charge is -1.94. The highest BCUT2D eigenvalue weighted by Gasteiger charge is 1.98. The predicted octanol–water partition coefficient (Wildman–Crippen LogP) is 1.32. The third-order valence-corrected chi connectivity index (χ3v) is 1.08. The average Bonchev–Trinajstić information content (AvgIpc) is 1.68. The van der Waals surface area contributed by atoms with Crippen molar-refractivity contribution in [3.8, 4) is 0 Å². The van der Waals surface area contributed by atoms with Gasteiger partial charge < -0.3 is 0 Å². The zero-order valence-corrected chi connectivity index (χ0v) is 4.85. The minimum atomic E-state index is 0.469. The smallest absolute Gasteiger partial charge is 0.168 e. The third-order valence-electron chi connectivity index (χ3n) is 1.08. The number of rotatable bonds is 3. The Hall–Kier alpha value is -0.335. The molecule has 0 aromatic heterocycles. The molecule has 0 amide bonds. The second-order valence-corrected chi connectivity index (χ2v) is 1.83. The van der Waals surface area contributed by atoms with Crippen molar-refractivity contribution in [2.45, 2.75) is 26.1 Å². The number of nitrogens with zero attached hydrogens (tertiary/aromatic N) is 1. The van der Waals surface area contributed by atoms with E-state index in [2.05, 4.69) is 12.0 Å². The van der Waals surface area contributed by atoms with Crippen molar-refractivity contribution in [2.24, 2.45) is 5.09 Å². The van der Waals surface area contributed by atoms with Gasteiger partial charge >= 0.3 is 7.41 Å². The Morgan fingerprint density at radius 2 is 2.43 bits per heavy atom. The molecule has 2 nitrogen and oxygen atoms in total. The van der Waals surface area contributed by atoms with Crippen molar-refractivity contribution < 1.29 is 0 Å². The molecule has 0 radical (unpaired) electrons. The molecule has 40 valence electrons. The third kappa shape index (κ3) is 3.50. The van der Waals surface area contributed by atoms with Crippen LogP contribution < -0.4 is 0 Å². The van der Waals surface area contributed by atoms with Crippen LogP contribution in [0.1, 0.15) is 20.3 Å². The molecule has 1 unspecified atom stereocenters. The van der Waals surface area contributed by atoms with Gasteiger partial charge in [-0.2, -0.15) is 4.91 Å². The summed E-state index contributed by atoms with van der Waals surface area (Å²) >= 11 is 0. The summed E-state index contributed by atoms with van der Waals surface area (Å²) in [5.41, 5.74) is 0. The highest BCUT2D eigenvalue weighted by atomic mass is 16.2. The lowest BCUT2D eigenvalue weighted by Crippen LogP contribution is -1.91. The van der Waals surface area contributed by atoms with Gasteiger partial charge in [-0.15, -0.1) is 5.09 Å². The Bertz CT molecular complexity index is 57.7. The second-order valence-electron chi connectivity index (χ2n) is 1.83. The zero-order chi connectivity index (χ0) is 5.70. The molecule has 0 aliphatic heterocycles. The van der Waals surface area contributed by atoms with Gasteiger partial charge in [0, 0.05) is 0 Å². The number of hydrogen-bond donors (Lipinski definition) is 0. The van der Waals surface area contributed by atoms with Gasteiger partial charge in [0.25, 0.3) is 0 Å². The van der Waals surface area contributed by atoms with E-state index in [1.54, 1.807) is 0 Å². The van der Waals surface area contributed by atoms with Crippen LogP contribution in [0.15, 0.2) is 5.09 Å². The topological polar surface area (TPSA) is 29.4 Å². The molecule has 7 heavy (non-hydrogen) atoms. The summed E-state index contributed by atoms with van der Waals surface area (Å²) in [5.74, 6) is 0.470. The summed E-state index contributed by atoms with van der Waals surface area (Å²) in [7, 11) is 0.469. The SMILES string of the molecule is CCC(C)BN=O. The molecule has 0 heterocycles. The summed E-state index contributed by atoms with van der Waals surface area (Å²) in [4.78, 5) is 9.52. The van der Waals surface area contributed by atoms with Crippen molar-refractivity contribution in [2.75, 3.05) is 0 Å². The van der Waals surface area contributed by atoms with E-state index in [-0.39, 0.29) is 0 Å². The highest BCUT2D eigenvalue weighted by molar-refractivity contribution is 6.34. The maximum atomic E-state index is 9.52. The summed E-state index contributed by atoms with van der Waals surface area (Å²) in [6.45, 7) is 4.07. The molecule has 0 saturated heterocycles. The van der Waals surface area contributed by atoms with Crippen LogP contribution in [0.25, 0.3) is 0 Å². The van der Waals surface area contributed by atoms with Crippen molar-refractivity contribution in [3.05, 3.63) is 4.91 Å². The summed E-state index contributed by atoms with van der Waals surface area (Å²) in [6.07, 6.45) is 1.05. The molecule has 0 N–H and O–H groups in total. The van der Waals surface area contributed by atoms with Gasteiger partial charge in [0.15, 0.2) is 0 Å². The molecular formula is C4H10BNO. The summed E-state index contributed by atoms with van der Waals surface area (Å²) in [6, 6.07) is 0. The normalized spacial score (nSPS) is 12.9. The predicted molar refractivity (Wildman–Crippen MR) is 32.7 cm³/mol. The van der Waals surface area contributed by atoms with E-state index >= 15 is 0 Å². The Morgan fingerprint density at radius 3 is 2.57 bits per heavy atom. The van der Waals surface area contributed by atoms with E-state index in [1.165, 1.54) is 0 Å². The zero-order valence-electron chi connectivity index (χ0n) is 4.85. The molecule has 0 aromatic rings. The highest BCUT2D eigenvalue weighted by Crippen LogP contribution is 2.04. The Labute approximate surface area is 44.5 Å². The minimum absolute atomic E-state index is 0.469. The minimum Gasteiger partial charge on any atom is -0.168 e. The Balaban J connectivity index is 2.98. The van der Waals surface area contributed by atoms with E-state index in [0.29, 0.717) is 13.2 Å². The second kappa shape index (κ2) is 3.84. The molecular weight excluding hydrogens is 88.9 g/mol. The van der Waals surface area contributed by atoms with Crippen molar-refractivity contribution in [1.82, 2.24) is 0 Å². The first kappa shape index (κ1) is 6.66. The molecule has 0 fully saturated rings. The number of nitroso groups, excluding NO2 is 1. The summed E-state index contributed by atoms with van der Waals surface area (Å²) < 4.78 is 0. The van der Waals surface area contributed by atoms with Gasteiger partial charge in [-0.1, -0.05) is 20.3 Å². The first-order chi connectivity index (χ1) is 3.31. The number of hydrogen-bond acceptors (Lipinski definition) is 2. The molecule has 0 aliphatic rings. The van der Waals surface area contributed by atoms with Gasteiger partial charge in [-0.25, -0.2) is 0 Å². The summed E-state index contributed by atoms with van der Waals surface area (Å²) in [5, 5.41) is 2.76. The van der Waals surface area contributed by atoms with Gasteiger partial charge in [-0.3, -0.25) is 0 Å². The first-order valence-corrected chi connectivity index (χ1v) is 2.60.